The highest BCUT2D eigenvalue weighted by Crippen LogP contribution is 2.26. The second-order valence-corrected chi connectivity index (χ2v) is 3.19. The molecule has 0 bridgehead atoms. The Balaban J connectivity index is 3.14. The number of halogens is 1. The lowest BCUT2D eigenvalue weighted by Crippen LogP contribution is -2.15. The molecular formula is C6H10BrN5. The highest BCUT2D eigenvalue weighted by molar-refractivity contribution is 9.10. The predicted molar refractivity (Wildman–Crippen MR) is 51.9 cm³/mol. The number of rotatable bonds is 2. The lowest BCUT2D eigenvalue weighted by Gasteiger charge is -2.13. The average Bonchev–Trinajstić information content (AvgIpc) is 2.04. The summed E-state index contributed by atoms with van der Waals surface area (Å²) in [5, 5.41) is 0. The van der Waals surface area contributed by atoms with Crippen molar-refractivity contribution in [3.63, 3.8) is 0 Å². The van der Waals surface area contributed by atoms with Crippen LogP contribution >= 0.6 is 15.9 Å². The zero-order valence-electron chi connectivity index (χ0n) is 6.87. The molecule has 0 atom stereocenters. The minimum atomic E-state index is 0.578. The highest BCUT2D eigenvalue weighted by atomic mass is 79.9. The maximum atomic E-state index is 5.23. The fourth-order valence-electron chi connectivity index (χ4n) is 0.773. The number of anilines is 2. The van der Waals surface area contributed by atoms with Gasteiger partial charge in [0.15, 0.2) is 5.82 Å². The van der Waals surface area contributed by atoms with Crippen LogP contribution in [0.15, 0.2) is 10.8 Å². The molecule has 0 fully saturated rings. The number of hydrazine groups is 1. The quantitative estimate of drug-likeness (QED) is 0.577. The number of aromatic nitrogens is 2. The van der Waals surface area contributed by atoms with Crippen LogP contribution in [0.4, 0.5) is 11.6 Å². The van der Waals surface area contributed by atoms with Crippen molar-refractivity contribution in [1.82, 2.24) is 9.97 Å². The highest BCUT2D eigenvalue weighted by Gasteiger charge is 2.08. The van der Waals surface area contributed by atoms with Gasteiger partial charge in [0.2, 0.25) is 0 Å². The molecule has 66 valence electrons. The molecule has 0 unspecified atom stereocenters. The molecule has 0 aliphatic rings. The summed E-state index contributed by atoms with van der Waals surface area (Å²) in [6.07, 6.45) is 1.45. The van der Waals surface area contributed by atoms with Crippen LogP contribution in [0.25, 0.3) is 0 Å². The van der Waals surface area contributed by atoms with E-state index < -0.39 is 0 Å². The van der Waals surface area contributed by atoms with Crippen LogP contribution in [0, 0.1) is 0 Å². The molecule has 0 spiro atoms. The van der Waals surface area contributed by atoms with E-state index in [0.29, 0.717) is 5.82 Å². The molecule has 0 aliphatic carbocycles. The van der Waals surface area contributed by atoms with Crippen LogP contribution in [-0.2, 0) is 0 Å². The first kappa shape index (κ1) is 9.21. The molecule has 0 amide bonds. The van der Waals surface area contributed by atoms with Gasteiger partial charge in [0, 0.05) is 14.1 Å². The van der Waals surface area contributed by atoms with Gasteiger partial charge in [-0.15, -0.1) is 0 Å². The van der Waals surface area contributed by atoms with Gasteiger partial charge >= 0.3 is 0 Å². The molecule has 0 saturated carbocycles. The molecule has 5 nitrogen and oxygen atoms in total. The fraction of sp³-hybridized carbons (Fsp3) is 0.333. The third-order valence-electron chi connectivity index (χ3n) is 1.33. The van der Waals surface area contributed by atoms with Gasteiger partial charge in [-0.3, -0.25) is 0 Å². The number of nitrogens with zero attached hydrogens (tertiary/aromatic N) is 3. The van der Waals surface area contributed by atoms with E-state index in [1.807, 2.05) is 19.0 Å². The summed E-state index contributed by atoms with van der Waals surface area (Å²) >= 11 is 3.33. The van der Waals surface area contributed by atoms with Gasteiger partial charge in [0.1, 0.15) is 16.6 Å². The Morgan fingerprint density at radius 1 is 1.50 bits per heavy atom. The normalized spacial score (nSPS) is 9.67. The minimum Gasteiger partial charge on any atom is -0.362 e. The molecule has 0 aliphatic heterocycles. The van der Waals surface area contributed by atoms with E-state index in [1.165, 1.54) is 6.33 Å². The van der Waals surface area contributed by atoms with Crippen LogP contribution in [0.1, 0.15) is 0 Å². The second kappa shape index (κ2) is 3.68. The summed E-state index contributed by atoms with van der Waals surface area (Å²) in [5.41, 5.74) is 2.47. The molecule has 12 heavy (non-hydrogen) atoms. The fourth-order valence-corrected chi connectivity index (χ4v) is 1.45. The number of nitrogen functional groups attached to an aromatic ring is 1. The van der Waals surface area contributed by atoms with Crippen molar-refractivity contribution >= 4 is 27.6 Å². The standard InChI is InChI=1S/C6H10BrN5/c1-12(2)6-4(7)5(11-8)9-3-10-6/h3H,8H2,1-2H3,(H,9,10,11). The summed E-state index contributed by atoms with van der Waals surface area (Å²) in [5.74, 6) is 6.60. The first-order valence-electron chi connectivity index (χ1n) is 3.31. The van der Waals surface area contributed by atoms with Crippen molar-refractivity contribution < 1.29 is 0 Å². The Bertz CT molecular complexity index is 275. The van der Waals surface area contributed by atoms with E-state index in [-0.39, 0.29) is 0 Å². The van der Waals surface area contributed by atoms with E-state index >= 15 is 0 Å². The van der Waals surface area contributed by atoms with Gasteiger partial charge in [0.25, 0.3) is 0 Å². The molecule has 6 heteroatoms. The third-order valence-corrected chi connectivity index (χ3v) is 2.06. The zero-order valence-corrected chi connectivity index (χ0v) is 8.46. The molecule has 1 rings (SSSR count). The lowest BCUT2D eigenvalue weighted by molar-refractivity contribution is 1.02. The van der Waals surface area contributed by atoms with Crippen LogP contribution in [0.3, 0.4) is 0 Å². The summed E-state index contributed by atoms with van der Waals surface area (Å²) in [6, 6.07) is 0. The molecular weight excluding hydrogens is 222 g/mol. The van der Waals surface area contributed by atoms with E-state index in [4.69, 9.17) is 5.84 Å². The Labute approximate surface area is 79.1 Å². The van der Waals surface area contributed by atoms with Crippen molar-refractivity contribution in [1.29, 1.82) is 0 Å². The first-order chi connectivity index (χ1) is 5.66. The lowest BCUT2D eigenvalue weighted by atomic mass is 10.5. The molecule has 3 N–H and O–H groups in total. The Hall–Kier alpha value is -0.880. The van der Waals surface area contributed by atoms with Crippen molar-refractivity contribution in [3.8, 4) is 0 Å². The van der Waals surface area contributed by atoms with Gasteiger partial charge < -0.3 is 10.3 Å². The summed E-state index contributed by atoms with van der Waals surface area (Å²) in [6.45, 7) is 0. The van der Waals surface area contributed by atoms with E-state index in [0.717, 1.165) is 10.3 Å². The van der Waals surface area contributed by atoms with Crippen LogP contribution in [0.2, 0.25) is 0 Å². The van der Waals surface area contributed by atoms with Crippen molar-refractivity contribution in [2.45, 2.75) is 0 Å². The van der Waals surface area contributed by atoms with Crippen LogP contribution in [0.5, 0.6) is 0 Å². The summed E-state index contributed by atoms with van der Waals surface area (Å²) in [7, 11) is 3.79. The average molecular weight is 232 g/mol. The van der Waals surface area contributed by atoms with Crippen molar-refractivity contribution in [2.24, 2.45) is 5.84 Å². The number of hydrogen-bond acceptors (Lipinski definition) is 5. The van der Waals surface area contributed by atoms with Gasteiger partial charge in [-0.1, -0.05) is 0 Å². The van der Waals surface area contributed by atoms with Crippen LogP contribution in [-0.4, -0.2) is 24.1 Å². The molecule has 0 saturated heterocycles. The molecule has 0 aromatic carbocycles. The minimum absolute atomic E-state index is 0.578. The molecule has 0 radical (unpaired) electrons. The van der Waals surface area contributed by atoms with E-state index in [2.05, 4.69) is 31.3 Å². The van der Waals surface area contributed by atoms with E-state index in [1.54, 1.807) is 0 Å². The van der Waals surface area contributed by atoms with Crippen LogP contribution < -0.4 is 16.2 Å². The van der Waals surface area contributed by atoms with Gasteiger partial charge in [-0.25, -0.2) is 15.8 Å². The third kappa shape index (κ3) is 1.64. The predicted octanol–water partition coefficient (Wildman–Crippen LogP) is 0.591. The Morgan fingerprint density at radius 2 is 2.17 bits per heavy atom. The summed E-state index contributed by atoms with van der Waals surface area (Å²) < 4.78 is 0.762. The molecule has 1 aromatic rings. The van der Waals surface area contributed by atoms with E-state index in [9.17, 15) is 0 Å². The monoisotopic (exact) mass is 231 g/mol. The van der Waals surface area contributed by atoms with Gasteiger partial charge in [-0.2, -0.15) is 0 Å². The zero-order chi connectivity index (χ0) is 9.14. The maximum absolute atomic E-state index is 5.23. The Morgan fingerprint density at radius 3 is 2.67 bits per heavy atom. The summed E-state index contributed by atoms with van der Waals surface area (Å²) in [4.78, 5) is 9.85. The SMILES string of the molecule is CN(C)c1ncnc(NN)c1Br. The second-order valence-electron chi connectivity index (χ2n) is 2.40. The molecule has 1 aromatic heterocycles. The number of nitrogens with one attached hydrogen (secondary N) is 1. The topological polar surface area (TPSA) is 67.1 Å². The maximum Gasteiger partial charge on any atom is 0.159 e. The smallest absolute Gasteiger partial charge is 0.159 e. The largest absolute Gasteiger partial charge is 0.362 e. The van der Waals surface area contributed by atoms with Gasteiger partial charge in [0.05, 0.1) is 0 Å². The van der Waals surface area contributed by atoms with Crippen molar-refractivity contribution in [3.05, 3.63) is 10.8 Å². The number of hydrogen-bond donors (Lipinski definition) is 2. The number of nitrogens with two attached hydrogens (primary N) is 1. The molecule has 1 heterocycles. The Kier molecular flexibility index (Phi) is 2.83. The van der Waals surface area contributed by atoms with Gasteiger partial charge in [-0.05, 0) is 15.9 Å². The first-order valence-corrected chi connectivity index (χ1v) is 4.10. The van der Waals surface area contributed by atoms with Crippen molar-refractivity contribution in [2.75, 3.05) is 24.4 Å².